The summed E-state index contributed by atoms with van der Waals surface area (Å²) in [5.41, 5.74) is 2.80. The van der Waals surface area contributed by atoms with Gasteiger partial charge in [-0.25, -0.2) is 14.5 Å². The Morgan fingerprint density at radius 3 is 2.48 bits per heavy atom. The van der Waals surface area contributed by atoms with Gasteiger partial charge in [0.25, 0.3) is 0 Å². The lowest BCUT2D eigenvalue weighted by atomic mass is 10.0. The van der Waals surface area contributed by atoms with Crippen LogP contribution in [0.5, 0.6) is 5.75 Å². The molecule has 7 nitrogen and oxygen atoms in total. The molecule has 1 atom stereocenters. The summed E-state index contributed by atoms with van der Waals surface area (Å²) in [6.07, 6.45) is 5.63. The van der Waals surface area contributed by atoms with Crippen molar-refractivity contribution in [1.82, 2.24) is 14.8 Å². The maximum absolute atomic E-state index is 11.2. The van der Waals surface area contributed by atoms with Crippen molar-refractivity contribution in [2.75, 3.05) is 0 Å². The Kier molecular flexibility index (Phi) is 3.64. The van der Waals surface area contributed by atoms with E-state index in [4.69, 9.17) is 5.11 Å². The molecule has 2 aromatic carbocycles. The fourth-order valence-corrected chi connectivity index (χ4v) is 3.32. The zero-order chi connectivity index (χ0) is 20.1. The molecule has 0 saturated carbocycles. The van der Waals surface area contributed by atoms with Crippen molar-refractivity contribution < 1.29 is 20.1 Å². The second-order valence-corrected chi connectivity index (χ2v) is 6.84. The first-order chi connectivity index (χ1) is 14.0. The van der Waals surface area contributed by atoms with E-state index in [9.17, 15) is 15.0 Å². The zero-order valence-corrected chi connectivity index (χ0v) is 15.0. The summed E-state index contributed by atoms with van der Waals surface area (Å²) < 4.78 is 1.53. The molecule has 2 aliphatic carbocycles. The van der Waals surface area contributed by atoms with Gasteiger partial charge >= 0.3 is 5.97 Å². The molecule has 7 heteroatoms. The maximum atomic E-state index is 11.2. The largest absolute Gasteiger partial charge is 0.507 e. The summed E-state index contributed by atoms with van der Waals surface area (Å²) in [6, 6.07) is 12.9. The molecule has 0 saturated heterocycles. The van der Waals surface area contributed by atoms with E-state index in [0.717, 1.165) is 5.57 Å². The Morgan fingerprint density at radius 2 is 1.76 bits per heavy atom. The van der Waals surface area contributed by atoms with Crippen LogP contribution >= 0.6 is 0 Å². The van der Waals surface area contributed by atoms with Gasteiger partial charge < -0.3 is 15.3 Å². The minimum absolute atomic E-state index is 0.0415. The van der Waals surface area contributed by atoms with Crippen LogP contribution in [0.4, 0.5) is 0 Å². The van der Waals surface area contributed by atoms with Crippen LogP contribution in [0.3, 0.4) is 0 Å². The van der Waals surface area contributed by atoms with E-state index in [-0.39, 0.29) is 23.0 Å². The predicted octanol–water partition coefficient (Wildman–Crippen LogP) is 3.73. The molecular weight excluding hydrogens is 370 g/mol. The van der Waals surface area contributed by atoms with Gasteiger partial charge in [0.2, 0.25) is 0 Å². The van der Waals surface area contributed by atoms with Crippen LogP contribution in [0.1, 0.15) is 16.2 Å². The lowest BCUT2D eigenvalue weighted by Gasteiger charge is -2.12. The van der Waals surface area contributed by atoms with Gasteiger partial charge in [-0.3, -0.25) is 0 Å². The molecule has 5 rings (SSSR count). The van der Waals surface area contributed by atoms with Crippen LogP contribution in [0.25, 0.3) is 22.6 Å². The Morgan fingerprint density at radius 1 is 1.00 bits per heavy atom. The van der Waals surface area contributed by atoms with Gasteiger partial charge in [0, 0.05) is 5.92 Å². The molecular formula is C22H15N3O4. The molecule has 0 bridgehead atoms. The first kappa shape index (κ1) is 17.0. The number of phenols is 1. The van der Waals surface area contributed by atoms with Gasteiger partial charge in [0.15, 0.2) is 11.6 Å². The maximum Gasteiger partial charge on any atom is 0.335 e. The highest BCUT2D eigenvalue weighted by Gasteiger charge is 2.30. The van der Waals surface area contributed by atoms with Gasteiger partial charge in [0.05, 0.1) is 22.4 Å². The smallest absolute Gasteiger partial charge is 0.335 e. The van der Waals surface area contributed by atoms with Crippen LogP contribution in [0.15, 0.2) is 78.1 Å². The number of aromatic nitrogens is 3. The Balaban J connectivity index is 1.68. The van der Waals surface area contributed by atoms with Gasteiger partial charge in [0.1, 0.15) is 11.5 Å². The van der Waals surface area contributed by atoms with Crippen LogP contribution in [-0.4, -0.2) is 36.1 Å². The number of phenolic OH excluding ortho intramolecular Hbond substituents is 1. The molecule has 3 aromatic rings. The monoisotopic (exact) mass is 385 g/mol. The minimum atomic E-state index is -1.02. The number of benzene rings is 2. The van der Waals surface area contributed by atoms with E-state index >= 15 is 0 Å². The Hall–Kier alpha value is -4.13. The number of carbonyl (C=O) groups is 1. The molecule has 2 aliphatic rings. The topological polar surface area (TPSA) is 108 Å². The summed E-state index contributed by atoms with van der Waals surface area (Å²) in [5.74, 6) is -0.0191. The van der Waals surface area contributed by atoms with Crippen LogP contribution in [0.2, 0.25) is 0 Å². The second kappa shape index (κ2) is 6.20. The van der Waals surface area contributed by atoms with Gasteiger partial charge in [-0.1, -0.05) is 18.2 Å². The highest BCUT2D eigenvalue weighted by molar-refractivity contribution is 5.88. The van der Waals surface area contributed by atoms with Gasteiger partial charge in [-0.15, -0.1) is 5.10 Å². The molecule has 0 aliphatic heterocycles. The predicted molar refractivity (Wildman–Crippen MR) is 106 cm³/mol. The van der Waals surface area contributed by atoms with Crippen LogP contribution in [0, 0.1) is 5.92 Å². The fraction of sp³-hybridized carbons (Fsp3) is 0.0455. The second-order valence-electron chi connectivity index (χ2n) is 6.84. The first-order valence-electron chi connectivity index (χ1n) is 8.95. The molecule has 1 heterocycles. The molecule has 0 spiro atoms. The molecule has 0 amide bonds. The summed E-state index contributed by atoms with van der Waals surface area (Å²) in [4.78, 5) is 15.7. The third-order valence-electron chi connectivity index (χ3n) is 4.92. The van der Waals surface area contributed by atoms with Gasteiger partial charge in [-0.05, 0) is 54.1 Å². The average Bonchev–Trinajstić information content (AvgIpc) is 3.33. The molecule has 0 radical (unpaired) electrons. The third kappa shape index (κ3) is 2.89. The van der Waals surface area contributed by atoms with Crippen molar-refractivity contribution >= 4 is 11.5 Å². The number of hydrogen-bond donors (Lipinski definition) is 3. The number of aliphatic hydroxyl groups excluding tert-OH is 1. The number of rotatable bonds is 4. The molecule has 0 fully saturated rings. The summed E-state index contributed by atoms with van der Waals surface area (Å²) in [6.45, 7) is 0. The summed E-state index contributed by atoms with van der Waals surface area (Å²) in [7, 11) is 0. The van der Waals surface area contributed by atoms with Crippen molar-refractivity contribution in [3.8, 4) is 22.8 Å². The zero-order valence-electron chi connectivity index (χ0n) is 15.0. The summed E-state index contributed by atoms with van der Waals surface area (Å²) in [5, 5.41) is 34.4. The van der Waals surface area contributed by atoms with E-state index in [1.807, 2.05) is 12.2 Å². The number of fused-ring (bicyclic) bond motifs is 1. The number of carboxylic acid groups (broad SMARTS) is 1. The van der Waals surface area contributed by atoms with Crippen molar-refractivity contribution in [3.05, 3.63) is 89.5 Å². The van der Waals surface area contributed by atoms with E-state index < -0.39 is 5.97 Å². The number of nitrogens with zero attached hydrogens (tertiary/aromatic N) is 3. The van der Waals surface area contributed by atoms with Crippen molar-refractivity contribution in [2.45, 2.75) is 0 Å². The highest BCUT2D eigenvalue weighted by Crippen LogP contribution is 2.41. The van der Waals surface area contributed by atoms with Crippen LogP contribution in [-0.2, 0) is 0 Å². The Labute approximate surface area is 165 Å². The number of aliphatic hydroxyl groups is 1. The molecule has 29 heavy (non-hydrogen) atoms. The Bertz CT molecular complexity index is 1250. The first-order valence-corrected chi connectivity index (χ1v) is 8.95. The third-order valence-corrected chi connectivity index (χ3v) is 4.92. The molecule has 142 valence electrons. The fourth-order valence-electron chi connectivity index (χ4n) is 3.32. The quantitative estimate of drug-likeness (QED) is 0.631. The average molecular weight is 385 g/mol. The number of allylic oxidation sites excluding steroid dienone is 5. The van der Waals surface area contributed by atoms with Gasteiger partial charge in [-0.2, -0.15) is 0 Å². The summed E-state index contributed by atoms with van der Waals surface area (Å²) >= 11 is 0. The molecule has 3 N–H and O–H groups in total. The number of hydrogen-bond acceptors (Lipinski definition) is 5. The lowest BCUT2D eigenvalue weighted by Crippen LogP contribution is -2.06. The molecule has 0 unspecified atom stereocenters. The number of aromatic carboxylic acids is 1. The normalized spacial score (nSPS) is 17.1. The minimum Gasteiger partial charge on any atom is -0.507 e. The number of aromatic hydroxyl groups is 1. The SMILES string of the molecule is O=C(O)c1ccc(-n2nc(-c3ccccc3O)nc2C2=CC3=C[C@@H]3C=C2O)cc1. The molecule has 1 aromatic heterocycles. The van der Waals surface area contributed by atoms with E-state index in [1.165, 1.54) is 16.8 Å². The van der Waals surface area contributed by atoms with Crippen LogP contribution < -0.4 is 0 Å². The number of para-hydroxylation sites is 1. The number of carboxylic acids is 1. The highest BCUT2D eigenvalue weighted by atomic mass is 16.4. The van der Waals surface area contributed by atoms with Crippen molar-refractivity contribution in [2.24, 2.45) is 5.92 Å². The van der Waals surface area contributed by atoms with E-state index in [0.29, 0.717) is 28.5 Å². The van der Waals surface area contributed by atoms with Crippen molar-refractivity contribution in [3.63, 3.8) is 0 Å². The lowest BCUT2D eigenvalue weighted by molar-refractivity contribution is 0.0697. The van der Waals surface area contributed by atoms with Crippen molar-refractivity contribution in [1.29, 1.82) is 0 Å². The standard InChI is InChI=1S/C22H15N3O4/c26-18-4-2-1-3-16(18)20-23-21(17-10-13-9-14(13)11-19(17)27)25(24-20)15-7-5-12(6-8-15)22(28)29/h1-11,14,26-27H,(H,28,29)/t14-/m1/s1. The van der Waals surface area contributed by atoms with E-state index in [1.54, 1.807) is 42.5 Å². The van der Waals surface area contributed by atoms with E-state index in [2.05, 4.69) is 10.1 Å².